The Balaban J connectivity index is 1.89. The van der Waals surface area contributed by atoms with Crippen molar-refractivity contribution >= 4 is 17.5 Å². The molecule has 2 aromatic heterocycles. The number of ether oxygens (including phenoxy) is 1. The predicted octanol–water partition coefficient (Wildman–Crippen LogP) is 2.32. The molecule has 122 valence electrons. The molecule has 0 saturated heterocycles. The number of likely N-dealkylation sites (N-methyl/N-ethyl adjacent to an activating group) is 1. The van der Waals surface area contributed by atoms with Crippen LogP contribution in [0.25, 0.3) is 5.65 Å². The molecule has 0 saturated carbocycles. The minimum Gasteiger partial charge on any atom is -0.443 e. The highest BCUT2D eigenvalue weighted by atomic mass is 16.5. The van der Waals surface area contributed by atoms with E-state index >= 15 is 0 Å². The van der Waals surface area contributed by atoms with Crippen LogP contribution in [0.3, 0.4) is 0 Å². The Kier molecular flexibility index (Phi) is 4.29. The van der Waals surface area contributed by atoms with Gasteiger partial charge in [-0.2, -0.15) is 0 Å². The number of nitrogens with zero attached hydrogens (tertiary/aromatic N) is 3. The molecular weight excluding hydrogens is 306 g/mol. The number of fused-ring (bicyclic) bond motifs is 1. The number of amides is 1. The Morgan fingerprint density at radius 2 is 1.79 bits per heavy atom. The number of pyridine rings is 1. The monoisotopic (exact) mass is 323 g/mol. The Morgan fingerprint density at radius 1 is 1.08 bits per heavy atom. The third-order valence-corrected chi connectivity index (χ3v) is 3.57. The normalized spacial score (nSPS) is 11.9. The Morgan fingerprint density at radius 3 is 2.46 bits per heavy atom. The van der Waals surface area contributed by atoms with E-state index in [1.165, 1.54) is 4.90 Å². The summed E-state index contributed by atoms with van der Waals surface area (Å²) in [6.07, 6.45) is 2.37. The Labute approximate surface area is 139 Å². The number of hydrogen-bond acceptors (Lipinski definition) is 4. The SMILES string of the molecule is CN(C)C(=O)[C@H](OC(=O)c1cn2ccccc2n1)c1ccccc1. The maximum atomic E-state index is 12.5. The van der Waals surface area contributed by atoms with Crippen molar-refractivity contribution in [1.29, 1.82) is 0 Å². The van der Waals surface area contributed by atoms with Crippen LogP contribution in [0.1, 0.15) is 22.2 Å². The van der Waals surface area contributed by atoms with Gasteiger partial charge in [-0.05, 0) is 12.1 Å². The lowest BCUT2D eigenvalue weighted by Gasteiger charge is -2.20. The van der Waals surface area contributed by atoms with Gasteiger partial charge in [0, 0.05) is 32.1 Å². The zero-order valence-corrected chi connectivity index (χ0v) is 13.4. The average molecular weight is 323 g/mol. The number of benzene rings is 1. The second kappa shape index (κ2) is 6.54. The van der Waals surface area contributed by atoms with Gasteiger partial charge in [0.1, 0.15) is 5.65 Å². The zero-order chi connectivity index (χ0) is 17.1. The fraction of sp³-hybridized carbons (Fsp3) is 0.167. The fourth-order valence-corrected chi connectivity index (χ4v) is 2.32. The molecule has 3 rings (SSSR count). The number of esters is 1. The average Bonchev–Trinajstić information content (AvgIpc) is 3.04. The van der Waals surface area contributed by atoms with Crippen LogP contribution in [-0.2, 0) is 9.53 Å². The van der Waals surface area contributed by atoms with Crippen molar-refractivity contribution in [3.63, 3.8) is 0 Å². The van der Waals surface area contributed by atoms with E-state index in [1.807, 2.05) is 18.2 Å². The summed E-state index contributed by atoms with van der Waals surface area (Å²) in [5, 5.41) is 0. The Bertz CT molecular complexity index is 838. The van der Waals surface area contributed by atoms with E-state index in [1.54, 1.807) is 61.2 Å². The summed E-state index contributed by atoms with van der Waals surface area (Å²) >= 11 is 0. The molecule has 0 bridgehead atoms. The van der Waals surface area contributed by atoms with Gasteiger partial charge in [-0.25, -0.2) is 9.78 Å². The standard InChI is InChI=1S/C18H17N3O3/c1-20(2)17(22)16(13-8-4-3-5-9-13)24-18(23)14-12-21-11-7-6-10-15(21)19-14/h3-12,16H,1-2H3/t16-/m1/s1. The molecule has 0 N–H and O–H groups in total. The highest BCUT2D eigenvalue weighted by Crippen LogP contribution is 2.21. The number of rotatable bonds is 4. The molecule has 0 radical (unpaired) electrons. The van der Waals surface area contributed by atoms with Gasteiger partial charge in [-0.1, -0.05) is 36.4 Å². The molecule has 0 fully saturated rings. The van der Waals surface area contributed by atoms with E-state index < -0.39 is 12.1 Å². The van der Waals surface area contributed by atoms with Crippen LogP contribution in [0.2, 0.25) is 0 Å². The van der Waals surface area contributed by atoms with Crippen LogP contribution in [-0.4, -0.2) is 40.3 Å². The van der Waals surface area contributed by atoms with Crippen molar-refractivity contribution in [1.82, 2.24) is 14.3 Å². The summed E-state index contributed by atoms with van der Waals surface area (Å²) in [5.74, 6) is -0.943. The molecule has 2 heterocycles. The van der Waals surface area contributed by atoms with E-state index in [4.69, 9.17) is 4.74 Å². The third kappa shape index (κ3) is 3.12. The lowest BCUT2D eigenvalue weighted by Crippen LogP contribution is -2.31. The van der Waals surface area contributed by atoms with E-state index in [9.17, 15) is 9.59 Å². The predicted molar refractivity (Wildman–Crippen MR) is 88.5 cm³/mol. The summed E-state index contributed by atoms with van der Waals surface area (Å²) in [6.45, 7) is 0. The summed E-state index contributed by atoms with van der Waals surface area (Å²) in [5.41, 5.74) is 1.42. The van der Waals surface area contributed by atoms with Gasteiger partial charge >= 0.3 is 5.97 Å². The second-order valence-corrected chi connectivity index (χ2v) is 5.52. The van der Waals surface area contributed by atoms with Crippen LogP contribution >= 0.6 is 0 Å². The zero-order valence-electron chi connectivity index (χ0n) is 13.4. The van der Waals surface area contributed by atoms with Gasteiger partial charge < -0.3 is 14.0 Å². The van der Waals surface area contributed by atoms with Crippen LogP contribution < -0.4 is 0 Å². The lowest BCUT2D eigenvalue weighted by atomic mass is 10.1. The first-order valence-electron chi connectivity index (χ1n) is 7.47. The summed E-state index contributed by atoms with van der Waals surface area (Å²) in [6, 6.07) is 14.4. The van der Waals surface area contributed by atoms with Crippen LogP contribution in [0.15, 0.2) is 60.9 Å². The van der Waals surface area contributed by atoms with Crippen LogP contribution in [0.5, 0.6) is 0 Å². The molecule has 6 heteroatoms. The summed E-state index contributed by atoms with van der Waals surface area (Å²) in [4.78, 5) is 30.5. The second-order valence-electron chi connectivity index (χ2n) is 5.52. The Hall–Kier alpha value is -3.15. The minimum absolute atomic E-state index is 0.161. The molecule has 0 aliphatic carbocycles. The molecular formula is C18H17N3O3. The largest absolute Gasteiger partial charge is 0.443 e. The minimum atomic E-state index is -1.00. The fourth-order valence-electron chi connectivity index (χ4n) is 2.32. The molecule has 0 aliphatic rings. The third-order valence-electron chi connectivity index (χ3n) is 3.57. The number of aromatic nitrogens is 2. The molecule has 0 aliphatic heterocycles. The van der Waals surface area contributed by atoms with Crippen molar-refractivity contribution < 1.29 is 14.3 Å². The quantitative estimate of drug-likeness (QED) is 0.691. The topological polar surface area (TPSA) is 63.9 Å². The van der Waals surface area contributed by atoms with Crippen molar-refractivity contribution in [2.75, 3.05) is 14.1 Å². The van der Waals surface area contributed by atoms with Gasteiger partial charge in [-0.15, -0.1) is 0 Å². The molecule has 1 atom stereocenters. The van der Waals surface area contributed by atoms with E-state index in [0.29, 0.717) is 11.2 Å². The first-order chi connectivity index (χ1) is 11.6. The van der Waals surface area contributed by atoms with E-state index in [0.717, 1.165) is 0 Å². The van der Waals surface area contributed by atoms with Gasteiger partial charge in [-0.3, -0.25) is 4.79 Å². The van der Waals surface area contributed by atoms with Gasteiger partial charge in [0.15, 0.2) is 5.69 Å². The number of imidazole rings is 1. The van der Waals surface area contributed by atoms with Gasteiger partial charge in [0.2, 0.25) is 6.10 Å². The maximum Gasteiger partial charge on any atom is 0.359 e. The summed E-state index contributed by atoms with van der Waals surface area (Å²) < 4.78 is 7.19. The van der Waals surface area contributed by atoms with Crippen molar-refractivity contribution in [3.05, 3.63) is 72.2 Å². The first kappa shape index (κ1) is 15.7. The number of carbonyl (C=O) groups excluding carboxylic acids is 2. The first-order valence-corrected chi connectivity index (χ1v) is 7.47. The van der Waals surface area contributed by atoms with Crippen molar-refractivity contribution in [2.45, 2.75) is 6.10 Å². The molecule has 0 spiro atoms. The number of hydrogen-bond donors (Lipinski definition) is 0. The molecule has 24 heavy (non-hydrogen) atoms. The highest BCUT2D eigenvalue weighted by molar-refractivity contribution is 5.91. The van der Waals surface area contributed by atoms with Crippen LogP contribution in [0, 0.1) is 0 Å². The highest BCUT2D eigenvalue weighted by Gasteiger charge is 2.27. The van der Waals surface area contributed by atoms with Gasteiger partial charge in [0.05, 0.1) is 0 Å². The van der Waals surface area contributed by atoms with Gasteiger partial charge in [0.25, 0.3) is 5.91 Å². The molecule has 1 aromatic carbocycles. The maximum absolute atomic E-state index is 12.5. The van der Waals surface area contributed by atoms with E-state index in [-0.39, 0.29) is 11.6 Å². The summed E-state index contributed by atoms with van der Waals surface area (Å²) in [7, 11) is 3.24. The van der Waals surface area contributed by atoms with Crippen LogP contribution in [0.4, 0.5) is 0 Å². The lowest BCUT2D eigenvalue weighted by molar-refractivity contribution is -0.138. The van der Waals surface area contributed by atoms with Crippen molar-refractivity contribution in [3.8, 4) is 0 Å². The number of carbonyl (C=O) groups is 2. The molecule has 0 unspecified atom stereocenters. The van der Waals surface area contributed by atoms with E-state index in [2.05, 4.69) is 4.98 Å². The smallest absolute Gasteiger partial charge is 0.359 e. The van der Waals surface area contributed by atoms with Crippen molar-refractivity contribution in [2.24, 2.45) is 0 Å². The molecule has 3 aromatic rings. The molecule has 1 amide bonds. The molecule has 6 nitrogen and oxygen atoms in total.